The summed E-state index contributed by atoms with van der Waals surface area (Å²) in [6.07, 6.45) is 7.27. The van der Waals surface area contributed by atoms with Crippen molar-refractivity contribution in [3.05, 3.63) is 29.8 Å². The number of nitrogens with one attached hydrogen (secondary N) is 1. The monoisotopic (exact) mass is 396 g/mol. The first kappa shape index (κ1) is 21.9. The molecule has 1 N–H and O–H groups in total. The number of carbonyl (C=O) groups is 1. The molecular weight excluding hydrogens is 364 g/mol. The van der Waals surface area contributed by atoms with Crippen molar-refractivity contribution in [2.24, 2.45) is 0 Å². The fraction of sp³-hybridized carbons (Fsp3) is 0.650. The van der Waals surface area contributed by atoms with E-state index < -0.39 is 10.0 Å². The van der Waals surface area contributed by atoms with Crippen molar-refractivity contribution in [1.29, 1.82) is 0 Å². The SMILES string of the molecule is CCN(CC)S(=O)(=O)c1ccc(C(=O)NCCCOC2CCCCC2)cc1. The lowest BCUT2D eigenvalue weighted by atomic mass is 9.98. The van der Waals surface area contributed by atoms with Gasteiger partial charge in [-0.05, 0) is 43.5 Å². The zero-order valence-electron chi connectivity index (χ0n) is 16.4. The smallest absolute Gasteiger partial charge is 0.251 e. The summed E-state index contributed by atoms with van der Waals surface area (Å²) in [5, 5.41) is 2.86. The highest BCUT2D eigenvalue weighted by Crippen LogP contribution is 2.20. The number of ether oxygens (including phenoxy) is 1. The first-order valence-corrected chi connectivity index (χ1v) is 11.4. The largest absolute Gasteiger partial charge is 0.378 e. The van der Waals surface area contributed by atoms with E-state index in [9.17, 15) is 13.2 Å². The Morgan fingerprint density at radius 3 is 2.33 bits per heavy atom. The molecule has 0 atom stereocenters. The summed E-state index contributed by atoms with van der Waals surface area (Å²) in [6, 6.07) is 6.11. The van der Waals surface area contributed by atoms with Crippen LogP contribution in [0.3, 0.4) is 0 Å². The minimum absolute atomic E-state index is 0.195. The summed E-state index contributed by atoms with van der Waals surface area (Å²) in [5.74, 6) is -0.195. The van der Waals surface area contributed by atoms with Gasteiger partial charge in [-0.15, -0.1) is 0 Å². The molecule has 0 aliphatic heterocycles. The van der Waals surface area contributed by atoms with Crippen LogP contribution in [0.4, 0.5) is 0 Å². The molecule has 27 heavy (non-hydrogen) atoms. The standard InChI is InChI=1S/C20H32N2O4S/c1-3-22(4-2)27(24,25)19-13-11-17(12-14-19)20(23)21-15-8-16-26-18-9-6-5-7-10-18/h11-14,18H,3-10,15-16H2,1-2H3,(H,21,23). The lowest BCUT2D eigenvalue weighted by Gasteiger charge is -2.21. The van der Waals surface area contributed by atoms with E-state index >= 15 is 0 Å². The van der Waals surface area contributed by atoms with Gasteiger partial charge in [0.2, 0.25) is 10.0 Å². The lowest BCUT2D eigenvalue weighted by molar-refractivity contribution is 0.0273. The third-order valence-electron chi connectivity index (χ3n) is 4.97. The molecule has 0 aromatic heterocycles. The van der Waals surface area contributed by atoms with E-state index in [-0.39, 0.29) is 10.8 Å². The zero-order valence-corrected chi connectivity index (χ0v) is 17.3. The van der Waals surface area contributed by atoms with Crippen LogP contribution >= 0.6 is 0 Å². The Hall–Kier alpha value is -1.44. The molecule has 1 amide bonds. The van der Waals surface area contributed by atoms with Crippen LogP contribution in [0.1, 0.15) is 62.7 Å². The highest BCUT2D eigenvalue weighted by Gasteiger charge is 2.21. The van der Waals surface area contributed by atoms with Crippen LogP contribution in [0, 0.1) is 0 Å². The summed E-state index contributed by atoms with van der Waals surface area (Å²) in [4.78, 5) is 12.4. The molecule has 1 saturated carbocycles. The molecule has 0 radical (unpaired) electrons. The highest BCUT2D eigenvalue weighted by atomic mass is 32.2. The van der Waals surface area contributed by atoms with Crippen LogP contribution in [0.25, 0.3) is 0 Å². The highest BCUT2D eigenvalue weighted by molar-refractivity contribution is 7.89. The van der Waals surface area contributed by atoms with Crippen molar-refractivity contribution in [3.8, 4) is 0 Å². The Morgan fingerprint density at radius 2 is 1.74 bits per heavy atom. The van der Waals surface area contributed by atoms with Gasteiger partial charge in [0.1, 0.15) is 0 Å². The van der Waals surface area contributed by atoms with Gasteiger partial charge in [-0.3, -0.25) is 4.79 Å². The van der Waals surface area contributed by atoms with Gasteiger partial charge in [-0.25, -0.2) is 8.42 Å². The van der Waals surface area contributed by atoms with Crippen LogP contribution in [0.15, 0.2) is 29.2 Å². The average Bonchev–Trinajstić information content (AvgIpc) is 2.69. The number of amides is 1. The molecular formula is C20H32N2O4S. The predicted molar refractivity (Wildman–Crippen MR) is 106 cm³/mol. The molecule has 7 heteroatoms. The van der Waals surface area contributed by atoms with E-state index in [0.717, 1.165) is 19.3 Å². The molecule has 6 nitrogen and oxygen atoms in total. The second kappa shape index (κ2) is 10.8. The van der Waals surface area contributed by atoms with Gasteiger partial charge in [0, 0.05) is 31.8 Å². The van der Waals surface area contributed by atoms with E-state index in [2.05, 4.69) is 5.32 Å². The normalized spacial score (nSPS) is 15.8. The van der Waals surface area contributed by atoms with Gasteiger partial charge < -0.3 is 10.1 Å². The quantitative estimate of drug-likeness (QED) is 0.616. The topological polar surface area (TPSA) is 75.7 Å². The van der Waals surface area contributed by atoms with E-state index in [1.54, 1.807) is 26.0 Å². The summed E-state index contributed by atoms with van der Waals surface area (Å²) >= 11 is 0. The number of sulfonamides is 1. The molecule has 0 heterocycles. The van der Waals surface area contributed by atoms with Crippen LogP contribution in [-0.2, 0) is 14.8 Å². The number of benzene rings is 1. The molecule has 1 fully saturated rings. The average molecular weight is 397 g/mol. The first-order chi connectivity index (χ1) is 13.0. The van der Waals surface area contributed by atoms with Crippen molar-refractivity contribution in [2.45, 2.75) is 63.4 Å². The predicted octanol–water partition coefficient (Wildman–Crippen LogP) is 3.19. The molecule has 1 aliphatic rings. The van der Waals surface area contributed by atoms with Gasteiger partial charge >= 0.3 is 0 Å². The minimum atomic E-state index is -3.49. The Kier molecular flexibility index (Phi) is 8.73. The Labute approximate surface area is 163 Å². The zero-order chi connectivity index (χ0) is 19.7. The Balaban J connectivity index is 1.78. The first-order valence-electron chi connectivity index (χ1n) is 9.99. The van der Waals surface area contributed by atoms with E-state index in [1.807, 2.05) is 0 Å². The van der Waals surface area contributed by atoms with Crippen LogP contribution in [0.5, 0.6) is 0 Å². The maximum Gasteiger partial charge on any atom is 0.251 e. The fourth-order valence-electron chi connectivity index (χ4n) is 3.35. The summed E-state index contributed by atoms with van der Waals surface area (Å²) < 4.78 is 32.2. The van der Waals surface area contributed by atoms with Crippen LogP contribution < -0.4 is 5.32 Å². The van der Waals surface area contributed by atoms with E-state index in [0.29, 0.717) is 37.9 Å². The second-order valence-corrected chi connectivity index (χ2v) is 8.79. The maximum absolute atomic E-state index is 12.5. The van der Waals surface area contributed by atoms with Crippen LogP contribution in [-0.4, -0.2) is 51.0 Å². The Bertz CT molecular complexity index is 678. The van der Waals surface area contributed by atoms with Gasteiger partial charge in [-0.2, -0.15) is 4.31 Å². The number of rotatable bonds is 10. The van der Waals surface area contributed by atoms with E-state index in [4.69, 9.17) is 4.74 Å². The minimum Gasteiger partial charge on any atom is -0.378 e. The third kappa shape index (κ3) is 6.30. The summed E-state index contributed by atoms with van der Waals surface area (Å²) in [7, 11) is -3.49. The maximum atomic E-state index is 12.5. The molecule has 0 bridgehead atoms. The van der Waals surface area contributed by atoms with Crippen molar-refractivity contribution in [1.82, 2.24) is 9.62 Å². The van der Waals surface area contributed by atoms with Gasteiger partial charge in [-0.1, -0.05) is 33.1 Å². The number of hydrogen-bond donors (Lipinski definition) is 1. The lowest BCUT2D eigenvalue weighted by Crippen LogP contribution is -2.30. The summed E-state index contributed by atoms with van der Waals surface area (Å²) in [6.45, 7) is 5.66. The van der Waals surface area contributed by atoms with Crippen molar-refractivity contribution in [2.75, 3.05) is 26.2 Å². The van der Waals surface area contributed by atoms with Gasteiger partial charge in [0.05, 0.1) is 11.0 Å². The Morgan fingerprint density at radius 1 is 1.11 bits per heavy atom. The van der Waals surface area contributed by atoms with Crippen molar-refractivity contribution >= 4 is 15.9 Å². The van der Waals surface area contributed by atoms with Gasteiger partial charge in [0.15, 0.2) is 0 Å². The van der Waals surface area contributed by atoms with Crippen molar-refractivity contribution < 1.29 is 17.9 Å². The van der Waals surface area contributed by atoms with E-state index in [1.165, 1.54) is 35.7 Å². The molecule has 0 unspecified atom stereocenters. The molecule has 1 aliphatic carbocycles. The molecule has 0 saturated heterocycles. The molecule has 2 rings (SSSR count). The second-order valence-electron chi connectivity index (χ2n) is 6.85. The molecule has 0 spiro atoms. The number of hydrogen-bond acceptors (Lipinski definition) is 4. The van der Waals surface area contributed by atoms with Gasteiger partial charge in [0.25, 0.3) is 5.91 Å². The van der Waals surface area contributed by atoms with Crippen LogP contribution in [0.2, 0.25) is 0 Å². The molecule has 1 aromatic rings. The van der Waals surface area contributed by atoms with Crippen molar-refractivity contribution in [3.63, 3.8) is 0 Å². The molecule has 152 valence electrons. The fourth-order valence-corrected chi connectivity index (χ4v) is 4.81. The third-order valence-corrected chi connectivity index (χ3v) is 7.04. The number of carbonyl (C=O) groups excluding carboxylic acids is 1. The number of nitrogens with zero attached hydrogens (tertiary/aromatic N) is 1. The summed E-state index contributed by atoms with van der Waals surface area (Å²) in [5.41, 5.74) is 0.460. The molecule has 1 aromatic carbocycles.